The van der Waals surface area contributed by atoms with E-state index in [1.54, 1.807) is 48.7 Å². The van der Waals surface area contributed by atoms with E-state index < -0.39 is 41.2 Å². The number of aromatic nitrogens is 1. The summed E-state index contributed by atoms with van der Waals surface area (Å²) in [5.74, 6) is -4.53. The predicted octanol–water partition coefficient (Wildman–Crippen LogP) is 3.70. The topological polar surface area (TPSA) is 123 Å². The Bertz CT molecular complexity index is 1560. The van der Waals surface area contributed by atoms with Gasteiger partial charge in [-0.1, -0.05) is 54.1 Å². The van der Waals surface area contributed by atoms with Gasteiger partial charge in [0.05, 0.1) is 17.5 Å². The molecule has 2 aliphatic rings. The third-order valence-corrected chi connectivity index (χ3v) is 7.74. The van der Waals surface area contributed by atoms with Crippen LogP contribution >= 0.6 is 0 Å². The Morgan fingerprint density at radius 1 is 0.973 bits per heavy atom. The monoisotopic (exact) mass is 495 g/mol. The number of carboxylic acid groups (broad SMARTS) is 1. The number of fused-ring (bicyclic) bond motifs is 2. The van der Waals surface area contributed by atoms with Crippen molar-refractivity contribution < 1.29 is 24.6 Å². The molecule has 2 amide bonds. The first kappa shape index (κ1) is 23.0. The molecular weight excluding hydrogens is 470 g/mol. The van der Waals surface area contributed by atoms with Gasteiger partial charge in [-0.25, -0.2) is 4.90 Å². The van der Waals surface area contributed by atoms with Crippen molar-refractivity contribution in [2.24, 2.45) is 11.8 Å². The third kappa shape index (κ3) is 3.37. The van der Waals surface area contributed by atoms with Crippen LogP contribution in [0.2, 0.25) is 0 Å². The van der Waals surface area contributed by atoms with Crippen molar-refractivity contribution in [2.75, 3.05) is 4.90 Å². The molecule has 2 saturated heterocycles. The summed E-state index contributed by atoms with van der Waals surface area (Å²) in [7, 11) is 0. The number of benzene rings is 3. The summed E-state index contributed by atoms with van der Waals surface area (Å²) in [6.45, 7) is 1.90. The van der Waals surface area contributed by atoms with Crippen LogP contribution < -0.4 is 10.2 Å². The first-order chi connectivity index (χ1) is 17.8. The van der Waals surface area contributed by atoms with E-state index in [4.69, 9.17) is 0 Å². The van der Waals surface area contributed by atoms with Gasteiger partial charge in [0.25, 0.3) is 0 Å². The fourth-order valence-electron chi connectivity index (χ4n) is 5.98. The number of aryl methyl sites for hydroxylation is 1. The number of phenolic OH excluding ortho intramolecular Hbond substituents is 1. The molecule has 8 heteroatoms. The highest BCUT2D eigenvalue weighted by Gasteiger charge is 2.69. The summed E-state index contributed by atoms with van der Waals surface area (Å²) in [5, 5.41) is 25.4. The van der Waals surface area contributed by atoms with Crippen LogP contribution in [0.4, 0.5) is 5.69 Å². The van der Waals surface area contributed by atoms with Crippen LogP contribution in [0.15, 0.2) is 79.0 Å². The highest BCUT2D eigenvalue weighted by atomic mass is 16.4. The molecule has 0 unspecified atom stereocenters. The maximum Gasteiger partial charge on any atom is 0.325 e. The van der Waals surface area contributed by atoms with Crippen LogP contribution in [0, 0.1) is 18.8 Å². The zero-order valence-corrected chi connectivity index (χ0v) is 20.0. The first-order valence-electron chi connectivity index (χ1n) is 12.1. The van der Waals surface area contributed by atoms with Crippen molar-refractivity contribution in [2.45, 2.75) is 24.9 Å². The van der Waals surface area contributed by atoms with Gasteiger partial charge >= 0.3 is 5.97 Å². The quantitative estimate of drug-likeness (QED) is 0.313. The third-order valence-electron chi connectivity index (χ3n) is 7.74. The minimum atomic E-state index is -1.78. The molecular formula is C29H25N3O5. The molecule has 0 bridgehead atoms. The maximum atomic E-state index is 14.0. The second-order valence-electron chi connectivity index (χ2n) is 9.84. The van der Waals surface area contributed by atoms with E-state index in [2.05, 4.69) is 10.3 Å². The van der Waals surface area contributed by atoms with Crippen LogP contribution in [-0.2, 0) is 20.8 Å². The summed E-state index contributed by atoms with van der Waals surface area (Å²) < 4.78 is 0. The smallest absolute Gasteiger partial charge is 0.325 e. The number of H-pyrrole nitrogens is 1. The fourth-order valence-corrected chi connectivity index (χ4v) is 5.98. The highest BCUT2D eigenvalue weighted by Crippen LogP contribution is 2.52. The standard InChI is InChI=1S/C29H25N3O5/c1-16-10-12-18(13-11-16)32-26(34)23-24(27(32)35)29(28(36)37,31-25(23)20-7-3-5-9-22(20)33)14-17-15-30-21-8-4-2-6-19(17)21/h2-13,15,23-25,30-31,33H,14H2,1H3,(H,36,37)/t23-,24-,25+,29-/m0/s1. The van der Waals surface area contributed by atoms with Crippen LogP contribution in [0.25, 0.3) is 10.9 Å². The minimum Gasteiger partial charge on any atom is -0.508 e. The lowest BCUT2D eigenvalue weighted by atomic mass is 9.76. The van der Waals surface area contributed by atoms with Crippen LogP contribution in [0.1, 0.15) is 22.7 Å². The van der Waals surface area contributed by atoms with Crippen molar-refractivity contribution in [1.82, 2.24) is 10.3 Å². The molecule has 4 N–H and O–H groups in total. The summed E-state index contributed by atoms with van der Waals surface area (Å²) in [6, 6.07) is 20.2. The van der Waals surface area contributed by atoms with Crippen LogP contribution in [0.5, 0.6) is 5.75 Å². The second kappa shape index (κ2) is 8.31. The lowest BCUT2D eigenvalue weighted by Crippen LogP contribution is -2.57. The second-order valence-corrected chi connectivity index (χ2v) is 9.84. The Kier molecular flexibility index (Phi) is 5.17. The summed E-state index contributed by atoms with van der Waals surface area (Å²) >= 11 is 0. The molecule has 37 heavy (non-hydrogen) atoms. The minimum absolute atomic E-state index is 0.0294. The molecule has 186 valence electrons. The normalized spacial score (nSPS) is 25.1. The molecule has 1 aromatic heterocycles. The number of rotatable bonds is 5. The number of nitrogens with one attached hydrogen (secondary N) is 2. The average molecular weight is 496 g/mol. The van der Waals surface area contributed by atoms with Gasteiger partial charge in [0.2, 0.25) is 11.8 Å². The Balaban J connectivity index is 1.52. The molecule has 4 atom stereocenters. The number of carbonyl (C=O) groups is 3. The zero-order chi connectivity index (χ0) is 25.9. The van der Waals surface area contributed by atoms with E-state index in [9.17, 15) is 24.6 Å². The molecule has 6 rings (SSSR count). The molecule has 3 heterocycles. The number of nitrogens with zero attached hydrogens (tertiary/aromatic N) is 1. The number of amides is 2. The number of carboxylic acids is 1. The first-order valence-corrected chi connectivity index (χ1v) is 12.1. The van der Waals surface area contributed by atoms with Gasteiger partial charge in [0.15, 0.2) is 0 Å². The number of phenols is 1. The van der Waals surface area contributed by atoms with Gasteiger partial charge < -0.3 is 15.2 Å². The van der Waals surface area contributed by atoms with Crippen LogP contribution in [0.3, 0.4) is 0 Å². The van der Waals surface area contributed by atoms with Gasteiger partial charge in [-0.15, -0.1) is 0 Å². The molecule has 0 spiro atoms. The number of para-hydroxylation sites is 2. The Morgan fingerprint density at radius 2 is 1.68 bits per heavy atom. The Morgan fingerprint density at radius 3 is 2.41 bits per heavy atom. The maximum absolute atomic E-state index is 14.0. The molecule has 4 aromatic rings. The van der Waals surface area contributed by atoms with Crippen molar-refractivity contribution in [3.8, 4) is 5.75 Å². The van der Waals surface area contributed by atoms with Crippen molar-refractivity contribution >= 4 is 34.4 Å². The molecule has 8 nitrogen and oxygen atoms in total. The van der Waals surface area contributed by atoms with Crippen molar-refractivity contribution in [3.63, 3.8) is 0 Å². The molecule has 3 aromatic carbocycles. The lowest BCUT2D eigenvalue weighted by Gasteiger charge is -2.31. The predicted molar refractivity (Wildman–Crippen MR) is 137 cm³/mol. The van der Waals surface area contributed by atoms with E-state index in [0.29, 0.717) is 11.3 Å². The van der Waals surface area contributed by atoms with E-state index in [-0.39, 0.29) is 12.2 Å². The van der Waals surface area contributed by atoms with Gasteiger partial charge in [0.1, 0.15) is 11.3 Å². The summed E-state index contributed by atoms with van der Waals surface area (Å²) in [6.07, 6.45) is 1.72. The van der Waals surface area contributed by atoms with Gasteiger partial charge in [-0.3, -0.25) is 19.7 Å². The van der Waals surface area contributed by atoms with Gasteiger partial charge in [-0.2, -0.15) is 0 Å². The van der Waals surface area contributed by atoms with Crippen molar-refractivity contribution in [1.29, 1.82) is 0 Å². The molecule has 0 saturated carbocycles. The lowest BCUT2D eigenvalue weighted by molar-refractivity contribution is -0.148. The van der Waals surface area contributed by atoms with Crippen molar-refractivity contribution in [3.05, 3.63) is 95.7 Å². The summed E-state index contributed by atoms with van der Waals surface area (Å²) in [4.78, 5) is 45.3. The van der Waals surface area contributed by atoms with Crippen LogP contribution in [-0.4, -0.2) is 38.5 Å². The average Bonchev–Trinajstić information content (AvgIpc) is 3.53. The summed E-state index contributed by atoms with van der Waals surface area (Å²) in [5.41, 5.74) is 1.53. The van der Waals surface area contributed by atoms with E-state index in [0.717, 1.165) is 26.9 Å². The highest BCUT2D eigenvalue weighted by molar-refractivity contribution is 6.24. The number of aromatic amines is 1. The molecule has 0 aliphatic carbocycles. The number of anilines is 1. The Hall–Kier alpha value is -4.43. The zero-order valence-electron chi connectivity index (χ0n) is 20.0. The van der Waals surface area contributed by atoms with E-state index in [1.807, 2.05) is 31.2 Å². The number of aromatic hydroxyl groups is 1. The number of hydrogen-bond donors (Lipinski definition) is 4. The van der Waals surface area contributed by atoms with E-state index in [1.165, 1.54) is 6.07 Å². The molecule has 2 aliphatic heterocycles. The Labute approximate surface area is 212 Å². The number of imide groups is 1. The number of carbonyl (C=O) groups excluding carboxylic acids is 2. The fraction of sp³-hybridized carbons (Fsp3) is 0.207. The molecule has 0 radical (unpaired) electrons. The number of aliphatic carboxylic acids is 1. The largest absolute Gasteiger partial charge is 0.508 e. The van der Waals surface area contributed by atoms with Gasteiger partial charge in [0, 0.05) is 35.1 Å². The number of hydrogen-bond acceptors (Lipinski definition) is 5. The molecule has 2 fully saturated rings. The SMILES string of the molecule is Cc1ccc(N2C(=O)[C@@H]3[C@@H](c4ccccc4O)N[C@](Cc4c[nH]c5ccccc45)(C(=O)O)[C@@H]3C2=O)cc1. The van der Waals surface area contributed by atoms with E-state index >= 15 is 0 Å². The van der Waals surface area contributed by atoms with Gasteiger partial charge in [-0.05, 0) is 36.8 Å².